The quantitative estimate of drug-likeness (QED) is 0.859. The molecule has 0 bridgehead atoms. The molecule has 2 rings (SSSR count). The molecular weight excluding hydrogens is 258 g/mol. The van der Waals surface area contributed by atoms with Crippen molar-refractivity contribution in [2.24, 2.45) is 11.8 Å². The summed E-state index contributed by atoms with van der Waals surface area (Å²) in [5.41, 5.74) is 0. The molecular formula is C15H25NO4. The number of likely N-dealkylation sites (tertiary alicyclic amines) is 1. The number of hydrogen-bond acceptors (Lipinski definition) is 3. The molecule has 2 aliphatic rings. The number of hydrogen-bond donors (Lipinski definition) is 1. The number of amides is 1. The van der Waals surface area contributed by atoms with Crippen LogP contribution in [0.4, 0.5) is 0 Å². The Balaban J connectivity index is 2.11. The summed E-state index contributed by atoms with van der Waals surface area (Å²) in [6.45, 7) is 6.67. The van der Waals surface area contributed by atoms with Gasteiger partial charge in [0.25, 0.3) is 0 Å². The second kappa shape index (κ2) is 6.12. The fraction of sp³-hybridized carbons (Fsp3) is 0.867. The third kappa shape index (κ3) is 2.97. The summed E-state index contributed by atoms with van der Waals surface area (Å²) >= 11 is 0. The van der Waals surface area contributed by atoms with Crippen LogP contribution < -0.4 is 0 Å². The minimum atomic E-state index is -0.827. The van der Waals surface area contributed by atoms with Crippen molar-refractivity contribution in [3.63, 3.8) is 0 Å². The van der Waals surface area contributed by atoms with Crippen LogP contribution in [0.2, 0.25) is 0 Å². The summed E-state index contributed by atoms with van der Waals surface area (Å²) in [4.78, 5) is 25.6. The van der Waals surface area contributed by atoms with Crippen LogP contribution >= 0.6 is 0 Å². The first-order valence-electron chi connectivity index (χ1n) is 7.59. The van der Waals surface area contributed by atoms with Crippen molar-refractivity contribution in [2.45, 2.75) is 64.7 Å². The normalized spacial score (nSPS) is 38.0. The Morgan fingerprint density at radius 2 is 1.90 bits per heavy atom. The zero-order valence-electron chi connectivity index (χ0n) is 12.5. The van der Waals surface area contributed by atoms with E-state index in [0.717, 1.165) is 19.3 Å². The molecule has 0 aliphatic carbocycles. The molecule has 2 heterocycles. The van der Waals surface area contributed by atoms with E-state index in [2.05, 4.69) is 0 Å². The Morgan fingerprint density at radius 3 is 2.45 bits per heavy atom. The van der Waals surface area contributed by atoms with Gasteiger partial charge in [-0.25, -0.2) is 0 Å². The number of carbonyl (C=O) groups is 2. The third-order valence-corrected chi connectivity index (χ3v) is 4.85. The van der Waals surface area contributed by atoms with Crippen molar-refractivity contribution >= 4 is 11.9 Å². The maximum absolute atomic E-state index is 12.8. The predicted molar refractivity (Wildman–Crippen MR) is 74.3 cm³/mol. The maximum atomic E-state index is 12.8. The smallest absolute Gasteiger partial charge is 0.305 e. The molecule has 20 heavy (non-hydrogen) atoms. The molecule has 114 valence electrons. The second-order valence-electron chi connectivity index (χ2n) is 6.21. The lowest BCUT2D eigenvalue weighted by Crippen LogP contribution is -2.49. The SMILES string of the molecule is CC1OC(C)C(C(=O)N2CCCCC2CC(=O)O)C1C. The van der Waals surface area contributed by atoms with Gasteiger partial charge in [0.2, 0.25) is 5.91 Å². The fourth-order valence-corrected chi connectivity index (χ4v) is 3.59. The minimum absolute atomic E-state index is 0.0532. The number of ether oxygens (including phenoxy) is 1. The van der Waals surface area contributed by atoms with E-state index in [9.17, 15) is 9.59 Å². The second-order valence-corrected chi connectivity index (χ2v) is 6.21. The van der Waals surface area contributed by atoms with Gasteiger partial charge in [-0.1, -0.05) is 6.92 Å². The Bertz CT molecular complexity index is 384. The summed E-state index contributed by atoms with van der Waals surface area (Å²) in [5, 5.41) is 9.01. The first kappa shape index (κ1) is 15.3. The van der Waals surface area contributed by atoms with Crippen LogP contribution in [0.15, 0.2) is 0 Å². The van der Waals surface area contributed by atoms with Gasteiger partial charge in [-0.15, -0.1) is 0 Å². The molecule has 0 aromatic heterocycles. The minimum Gasteiger partial charge on any atom is -0.481 e. The summed E-state index contributed by atoms with van der Waals surface area (Å²) in [6, 6.07) is -0.149. The Morgan fingerprint density at radius 1 is 1.20 bits per heavy atom. The van der Waals surface area contributed by atoms with E-state index in [1.807, 2.05) is 20.8 Å². The summed E-state index contributed by atoms with van der Waals surface area (Å²) in [5.74, 6) is -0.698. The molecule has 1 amide bonds. The van der Waals surface area contributed by atoms with E-state index >= 15 is 0 Å². The van der Waals surface area contributed by atoms with Crippen LogP contribution in [0.5, 0.6) is 0 Å². The van der Waals surface area contributed by atoms with Crippen LogP contribution in [0, 0.1) is 11.8 Å². The van der Waals surface area contributed by atoms with E-state index in [1.54, 1.807) is 4.90 Å². The van der Waals surface area contributed by atoms with Crippen LogP contribution in [-0.4, -0.2) is 46.7 Å². The largest absolute Gasteiger partial charge is 0.481 e. The first-order chi connectivity index (χ1) is 9.41. The molecule has 0 saturated carbocycles. The number of carboxylic acid groups (broad SMARTS) is 1. The van der Waals surface area contributed by atoms with E-state index in [1.165, 1.54) is 0 Å². The van der Waals surface area contributed by atoms with E-state index < -0.39 is 5.97 Å². The van der Waals surface area contributed by atoms with Crippen LogP contribution in [0.25, 0.3) is 0 Å². The lowest BCUT2D eigenvalue weighted by Gasteiger charge is -2.37. The molecule has 2 saturated heterocycles. The Labute approximate surface area is 120 Å². The number of carbonyl (C=O) groups excluding carboxylic acids is 1. The lowest BCUT2D eigenvalue weighted by molar-refractivity contribution is -0.145. The molecule has 2 fully saturated rings. The Hall–Kier alpha value is -1.10. The first-order valence-corrected chi connectivity index (χ1v) is 7.59. The van der Waals surface area contributed by atoms with Gasteiger partial charge in [-0.3, -0.25) is 9.59 Å². The van der Waals surface area contributed by atoms with Crippen molar-refractivity contribution in [1.82, 2.24) is 4.90 Å². The molecule has 2 aliphatic heterocycles. The van der Waals surface area contributed by atoms with Gasteiger partial charge in [0.15, 0.2) is 0 Å². The van der Waals surface area contributed by atoms with Crippen molar-refractivity contribution in [3.8, 4) is 0 Å². The molecule has 0 aromatic carbocycles. The maximum Gasteiger partial charge on any atom is 0.305 e. The molecule has 5 heteroatoms. The van der Waals surface area contributed by atoms with E-state index in [4.69, 9.17) is 9.84 Å². The zero-order valence-corrected chi connectivity index (χ0v) is 12.5. The highest BCUT2D eigenvalue weighted by atomic mass is 16.5. The molecule has 0 radical (unpaired) electrons. The topological polar surface area (TPSA) is 66.8 Å². The molecule has 5 nitrogen and oxygen atoms in total. The highest BCUT2D eigenvalue weighted by molar-refractivity contribution is 5.81. The van der Waals surface area contributed by atoms with Gasteiger partial charge in [-0.05, 0) is 39.0 Å². The van der Waals surface area contributed by atoms with E-state index in [-0.39, 0.29) is 42.4 Å². The number of carboxylic acids is 1. The number of piperidine rings is 1. The summed E-state index contributed by atoms with van der Waals surface area (Å²) in [6.07, 6.45) is 2.82. The van der Waals surface area contributed by atoms with Gasteiger partial charge < -0.3 is 14.7 Å². The highest BCUT2D eigenvalue weighted by Gasteiger charge is 2.44. The van der Waals surface area contributed by atoms with Crippen molar-refractivity contribution in [2.75, 3.05) is 6.54 Å². The van der Waals surface area contributed by atoms with Crippen molar-refractivity contribution in [1.29, 1.82) is 0 Å². The van der Waals surface area contributed by atoms with Gasteiger partial charge in [0, 0.05) is 12.6 Å². The van der Waals surface area contributed by atoms with Gasteiger partial charge in [0.05, 0.1) is 24.5 Å². The monoisotopic (exact) mass is 283 g/mol. The van der Waals surface area contributed by atoms with E-state index in [0.29, 0.717) is 6.54 Å². The van der Waals surface area contributed by atoms with Crippen LogP contribution in [0.1, 0.15) is 46.5 Å². The van der Waals surface area contributed by atoms with Crippen LogP contribution in [0.3, 0.4) is 0 Å². The molecule has 5 unspecified atom stereocenters. The number of rotatable bonds is 3. The highest BCUT2D eigenvalue weighted by Crippen LogP contribution is 2.35. The van der Waals surface area contributed by atoms with Gasteiger partial charge in [-0.2, -0.15) is 0 Å². The molecule has 5 atom stereocenters. The number of aliphatic carboxylic acids is 1. The van der Waals surface area contributed by atoms with Crippen molar-refractivity contribution < 1.29 is 19.4 Å². The zero-order chi connectivity index (χ0) is 14.9. The predicted octanol–water partition coefficient (Wildman–Crippen LogP) is 1.90. The molecule has 0 spiro atoms. The molecule has 0 aromatic rings. The third-order valence-electron chi connectivity index (χ3n) is 4.85. The molecule has 1 N–H and O–H groups in total. The summed E-state index contributed by atoms with van der Waals surface area (Å²) in [7, 11) is 0. The lowest BCUT2D eigenvalue weighted by atomic mass is 9.86. The standard InChI is InChI=1S/C15H25NO4/c1-9-10(2)20-11(3)14(9)15(19)16-7-5-4-6-12(16)8-13(17)18/h9-12,14H,4-8H2,1-3H3,(H,17,18). The van der Waals surface area contributed by atoms with Crippen molar-refractivity contribution in [3.05, 3.63) is 0 Å². The summed E-state index contributed by atoms with van der Waals surface area (Å²) < 4.78 is 5.75. The van der Waals surface area contributed by atoms with Crippen LogP contribution in [-0.2, 0) is 14.3 Å². The Kier molecular flexibility index (Phi) is 4.68. The average Bonchev–Trinajstić information content (AvgIpc) is 2.62. The average molecular weight is 283 g/mol. The van der Waals surface area contributed by atoms with Gasteiger partial charge in [0.1, 0.15) is 0 Å². The van der Waals surface area contributed by atoms with Gasteiger partial charge >= 0.3 is 5.97 Å². The number of nitrogens with zero attached hydrogens (tertiary/aromatic N) is 1. The fourth-order valence-electron chi connectivity index (χ4n) is 3.59.